The van der Waals surface area contributed by atoms with E-state index in [1.165, 1.54) is 22.3 Å². The van der Waals surface area contributed by atoms with Crippen LogP contribution in [0.25, 0.3) is 11.1 Å². The van der Waals surface area contributed by atoms with E-state index in [0.29, 0.717) is 0 Å². The zero-order chi connectivity index (χ0) is 24.6. The highest BCUT2D eigenvalue weighted by atomic mass is 16.1. The minimum Gasteiger partial charge on any atom is -0.310 e. The van der Waals surface area contributed by atoms with Gasteiger partial charge < -0.3 is 4.90 Å². The molecule has 0 saturated heterocycles. The van der Waals surface area contributed by atoms with Crippen molar-refractivity contribution in [1.82, 2.24) is 0 Å². The number of anilines is 3. The van der Waals surface area contributed by atoms with Crippen LogP contribution in [0.4, 0.5) is 17.1 Å². The normalized spacial score (nSPS) is 13.4. The summed E-state index contributed by atoms with van der Waals surface area (Å²) in [5.41, 5.74) is 9.36. The van der Waals surface area contributed by atoms with Crippen LogP contribution in [0, 0.1) is 5.92 Å². The van der Waals surface area contributed by atoms with Gasteiger partial charge in [0.2, 0.25) is 0 Å². The molecule has 0 aliphatic heterocycles. The summed E-state index contributed by atoms with van der Waals surface area (Å²) < 4.78 is 0. The van der Waals surface area contributed by atoms with E-state index in [1.807, 2.05) is 19.9 Å². The fraction of sp³-hybridized carbons (Fsp3) is 0.242. The molecule has 4 aromatic carbocycles. The van der Waals surface area contributed by atoms with Gasteiger partial charge >= 0.3 is 0 Å². The summed E-state index contributed by atoms with van der Waals surface area (Å²) in [5.74, 6) is 0.205. The molecule has 0 fully saturated rings. The molecule has 0 radical (unpaired) electrons. The number of rotatable bonds is 7. The van der Waals surface area contributed by atoms with Gasteiger partial charge in [-0.25, -0.2) is 0 Å². The highest BCUT2D eigenvalue weighted by Crippen LogP contribution is 2.54. The molecule has 1 aliphatic carbocycles. The van der Waals surface area contributed by atoms with Crippen LogP contribution in [-0.4, -0.2) is 5.78 Å². The molecule has 0 saturated carbocycles. The molecule has 0 amide bonds. The maximum absolute atomic E-state index is 12.9. The number of nitrogens with zero attached hydrogens (tertiary/aromatic N) is 1. The lowest BCUT2D eigenvalue weighted by atomic mass is 9.73. The summed E-state index contributed by atoms with van der Waals surface area (Å²) in [6.07, 6.45) is 1.98. The summed E-state index contributed by atoms with van der Waals surface area (Å²) in [6.45, 7) is 8.51. The van der Waals surface area contributed by atoms with Crippen LogP contribution in [0.15, 0.2) is 97.1 Å². The molecule has 0 N–H and O–H groups in total. The lowest BCUT2D eigenvalue weighted by Gasteiger charge is -2.32. The van der Waals surface area contributed by atoms with Crippen molar-refractivity contribution in [2.24, 2.45) is 5.92 Å². The molecule has 2 heteroatoms. The van der Waals surface area contributed by atoms with E-state index < -0.39 is 0 Å². The molecule has 0 atom stereocenters. The standard InChI is InChI=1S/C33H33NO/c1-5-33(6-2)30-21-24(32(35)23(3)4)17-19-28(30)29-20-18-27(22-31(29)33)34(25-13-9-7-10-14-25)26-15-11-8-12-16-26/h7-23H,5-6H2,1-4H3. The van der Waals surface area contributed by atoms with Gasteiger partial charge in [-0.1, -0.05) is 82.3 Å². The minimum atomic E-state index is -0.104. The zero-order valence-corrected chi connectivity index (χ0v) is 21.1. The van der Waals surface area contributed by atoms with Crippen LogP contribution in [0.1, 0.15) is 62.0 Å². The molecule has 1 aliphatic rings. The minimum absolute atomic E-state index is 0.00797. The van der Waals surface area contributed by atoms with Crippen LogP contribution in [-0.2, 0) is 5.41 Å². The molecule has 0 bridgehead atoms. The first kappa shape index (κ1) is 23.1. The van der Waals surface area contributed by atoms with E-state index in [9.17, 15) is 4.79 Å². The summed E-state index contributed by atoms with van der Waals surface area (Å²) in [4.78, 5) is 15.2. The second-order valence-electron chi connectivity index (χ2n) is 9.80. The molecular formula is C33H33NO. The molecule has 0 aromatic heterocycles. The molecule has 0 spiro atoms. The quantitative estimate of drug-likeness (QED) is 0.257. The Kier molecular flexibility index (Phi) is 6.06. The maximum Gasteiger partial charge on any atom is 0.165 e. The van der Waals surface area contributed by atoms with Gasteiger partial charge in [-0.15, -0.1) is 0 Å². The van der Waals surface area contributed by atoms with Crippen LogP contribution < -0.4 is 4.90 Å². The van der Waals surface area contributed by atoms with Gasteiger partial charge in [-0.05, 0) is 77.6 Å². The van der Waals surface area contributed by atoms with E-state index in [1.54, 1.807) is 0 Å². The largest absolute Gasteiger partial charge is 0.310 e. The highest BCUT2D eigenvalue weighted by molar-refractivity contribution is 5.99. The van der Waals surface area contributed by atoms with Crippen molar-refractivity contribution in [2.75, 3.05) is 4.90 Å². The van der Waals surface area contributed by atoms with Crippen molar-refractivity contribution in [1.29, 1.82) is 0 Å². The summed E-state index contributed by atoms with van der Waals surface area (Å²) in [6, 6.07) is 34.3. The summed E-state index contributed by atoms with van der Waals surface area (Å²) in [5, 5.41) is 0. The molecule has 4 aromatic rings. The van der Waals surface area contributed by atoms with Crippen LogP contribution in [0.3, 0.4) is 0 Å². The highest BCUT2D eigenvalue weighted by Gasteiger charge is 2.41. The van der Waals surface area contributed by atoms with Gasteiger partial charge in [0.15, 0.2) is 5.78 Å². The number of para-hydroxylation sites is 2. The van der Waals surface area contributed by atoms with Crippen molar-refractivity contribution in [3.63, 3.8) is 0 Å². The first-order chi connectivity index (χ1) is 17.0. The van der Waals surface area contributed by atoms with Gasteiger partial charge in [-0.3, -0.25) is 4.79 Å². The van der Waals surface area contributed by atoms with E-state index in [2.05, 4.69) is 110 Å². The van der Waals surface area contributed by atoms with Crippen LogP contribution >= 0.6 is 0 Å². The summed E-state index contributed by atoms with van der Waals surface area (Å²) >= 11 is 0. The summed E-state index contributed by atoms with van der Waals surface area (Å²) in [7, 11) is 0. The van der Waals surface area contributed by atoms with Gasteiger partial charge in [0.25, 0.3) is 0 Å². The van der Waals surface area contributed by atoms with Crippen molar-refractivity contribution in [3.8, 4) is 11.1 Å². The first-order valence-electron chi connectivity index (χ1n) is 12.7. The van der Waals surface area contributed by atoms with Crippen LogP contribution in [0.5, 0.6) is 0 Å². The zero-order valence-electron chi connectivity index (χ0n) is 21.1. The fourth-order valence-corrected chi connectivity index (χ4v) is 5.72. The van der Waals surface area contributed by atoms with Gasteiger partial charge in [0.05, 0.1) is 0 Å². The second-order valence-corrected chi connectivity index (χ2v) is 9.80. The molecule has 0 unspecified atom stereocenters. The Morgan fingerprint density at radius 2 is 1.20 bits per heavy atom. The molecule has 0 heterocycles. The second kappa shape index (κ2) is 9.19. The van der Waals surface area contributed by atoms with Crippen molar-refractivity contribution in [2.45, 2.75) is 46.0 Å². The molecule has 176 valence electrons. The Morgan fingerprint density at radius 1 is 0.686 bits per heavy atom. The number of fused-ring (bicyclic) bond motifs is 3. The molecule has 35 heavy (non-hydrogen) atoms. The Labute approximate surface area is 209 Å². The van der Waals surface area contributed by atoms with Gasteiger partial charge in [0.1, 0.15) is 0 Å². The first-order valence-corrected chi connectivity index (χ1v) is 12.7. The average molecular weight is 460 g/mol. The lowest BCUT2D eigenvalue weighted by molar-refractivity contribution is 0.0939. The van der Waals surface area contributed by atoms with E-state index in [0.717, 1.165) is 35.5 Å². The fourth-order valence-electron chi connectivity index (χ4n) is 5.72. The monoisotopic (exact) mass is 459 g/mol. The number of ketones is 1. The Balaban J connectivity index is 1.69. The smallest absolute Gasteiger partial charge is 0.165 e. The Bertz CT molecular complexity index is 1310. The van der Waals surface area contributed by atoms with Crippen molar-refractivity contribution < 1.29 is 4.79 Å². The predicted molar refractivity (Wildman–Crippen MR) is 147 cm³/mol. The molecular weight excluding hydrogens is 426 g/mol. The number of hydrogen-bond donors (Lipinski definition) is 0. The van der Waals surface area contributed by atoms with Crippen LogP contribution in [0.2, 0.25) is 0 Å². The number of carbonyl (C=O) groups excluding carboxylic acids is 1. The van der Waals surface area contributed by atoms with E-state index in [4.69, 9.17) is 0 Å². The topological polar surface area (TPSA) is 20.3 Å². The third-order valence-corrected chi connectivity index (χ3v) is 7.65. The van der Waals surface area contributed by atoms with Gasteiger partial charge in [0, 0.05) is 34.0 Å². The third-order valence-electron chi connectivity index (χ3n) is 7.65. The van der Waals surface area contributed by atoms with Crippen molar-refractivity contribution in [3.05, 3.63) is 114 Å². The van der Waals surface area contributed by atoms with E-state index in [-0.39, 0.29) is 17.1 Å². The predicted octanol–water partition coefficient (Wildman–Crippen LogP) is 9.08. The third kappa shape index (κ3) is 3.78. The number of carbonyl (C=O) groups is 1. The number of Topliss-reactive ketones (excluding diaryl/α,β-unsaturated/α-hetero) is 1. The van der Waals surface area contributed by atoms with Crippen molar-refractivity contribution >= 4 is 22.8 Å². The number of hydrogen-bond acceptors (Lipinski definition) is 2. The Morgan fingerprint density at radius 3 is 1.71 bits per heavy atom. The SMILES string of the molecule is CCC1(CC)c2cc(C(=O)C(C)C)ccc2-c2ccc(N(c3ccccc3)c3ccccc3)cc21. The lowest BCUT2D eigenvalue weighted by Crippen LogP contribution is -2.24. The average Bonchev–Trinajstić information content (AvgIpc) is 3.18. The molecule has 2 nitrogen and oxygen atoms in total. The molecule has 5 rings (SSSR count). The number of benzene rings is 4. The van der Waals surface area contributed by atoms with E-state index >= 15 is 0 Å². The Hall–Kier alpha value is -3.65. The maximum atomic E-state index is 12.9. The van der Waals surface area contributed by atoms with Gasteiger partial charge in [-0.2, -0.15) is 0 Å².